The molecule has 150 valence electrons. The van der Waals surface area contributed by atoms with Crippen molar-refractivity contribution in [1.82, 2.24) is 9.97 Å². The van der Waals surface area contributed by atoms with E-state index in [4.69, 9.17) is 9.47 Å². The van der Waals surface area contributed by atoms with Gasteiger partial charge in [0.2, 0.25) is 5.78 Å². The maximum absolute atomic E-state index is 12.8. The molecule has 1 aromatic carbocycles. The summed E-state index contributed by atoms with van der Waals surface area (Å²) in [7, 11) is 0. The van der Waals surface area contributed by atoms with Crippen LogP contribution >= 0.6 is 0 Å². The Balaban J connectivity index is 1.84. The molecular formula is C22H22N2O5. The fourth-order valence-electron chi connectivity index (χ4n) is 3.35. The molecule has 2 aromatic heterocycles. The number of carbonyl (C=O) groups is 3. The molecule has 2 heterocycles. The van der Waals surface area contributed by atoms with Crippen LogP contribution in [-0.2, 0) is 9.47 Å². The third-order valence-corrected chi connectivity index (χ3v) is 4.53. The molecule has 7 heteroatoms. The molecule has 3 aromatic rings. The number of benzene rings is 1. The number of nitrogens with one attached hydrogen (secondary N) is 1. The summed E-state index contributed by atoms with van der Waals surface area (Å²) in [5, 5.41) is 0.649. The average molecular weight is 394 g/mol. The summed E-state index contributed by atoms with van der Waals surface area (Å²) in [4.78, 5) is 45.0. The first-order valence-corrected chi connectivity index (χ1v) is 9.26. The second kappa shape index (κ2) is 8.26. The van der Waals surface area contributed by atoms with Gasteiger partial charge in [0.05, 0.1) is 28.8 Å². The Hall–Kier alpha value is -3.48. The van der Waals surface area contributed by atoms with Gasteiger partial charge in [-0.15, -0.1) is 0 Å². The van der Waals surface area contributed by atoms with Crippen LogP contribution in [0.2, 0.25) is 0 Å². The van der Waals surface area contributed by atoms with Gasteiger partial charge in [0, 0.05) is 22.5 Å². The topological polar surface area (TPSA) is 98.4 Å². The highest BCUT2D eigenvalue weighted by atomic mass is 16.5. The van der Waals surface area contributed by atoms with E-state index in [0.29, 0.717) is 33.5 Å². The normalized spacial score (nSPS) is 10.8. The van der Waals surface area contributed by atoms with Gasteiger partial charge in [-0.3, -0.25) is 9.78 Å². The molecule has 0 aliphatic rings. The number of carbonyl (C=O) groups excluding carboxylic acids is 3. The number of pyridine rings is 1. The second-order valence-electron chi connectivity index (χ2n) is 6.67. The third-order valence-electron chi connectivity index (χ3n) is 4.53. The van der Waals surface area contributed by atoms with Crippen molar-refractivity contribution in [2.75, 3.05) is 13.2 Å². The van der Waals surface area contributed by atoms with Crippen molar-refractivity contribution in [3.05, 3.63) is 64.1 Å². The van der Waals surface area contributed by atoms with Crippen LogP contribution in [0.25, 0.3) is 10.9 Å². The maximum Gasteiger partial charge on any atom is 0.340 e. The first kappa shape index (κ1) is 20.3. The number of aromatic amines is 1. The summed E-state index contributed by atoms with van der Waals surface area (Å²) in [6.07, 6.45) is 0. The van der Waals surface area contributed by atoms with E-state index in [2.05, 4.69) is 9.97 Å². The largest absolute Gasteiger partial charge is 0.462 e. The van der Waals surface area contributed by atoms with Crippen molar-refractivity contribution in [2.45, 2.75) is 27.7 Å². The molecule has 0 unspecified atom stereocenters. The fraction of sp³-hybridized carbons (Fsp3) is 0.273. The Kier molecular flexibility index (Phi) is 5.77. The van der Waals surface area contributed by atoms with Crippen molar-refractivity contribution in [3.8, 4) is 0 Å². The molecule has 0 spiro atoms. The van der Waals surface area contributed by atoms with Gasteiger partial charge in [-0.05, 0) is 39.8 Å². The van der Waals surface area contributed by atoms with E-state index in [0.717, 1.165) is 0 Å². The lowest BCUT2D eigenvalue weighted by Crippen LogP contribution is -2.18. The number of hydrogen-bond donors (Lipinski definition) is 1. The molecule has 1 N–H and O–H groups in total. The Labute approximate surface area is 168 Å². The van der Waals surface area contributed by atoms with Gasteiger partial charge in [-0.2, -0.15) is 0 Å². The Morgan fingerprint density at radius 3 is 2.38 bits per heavy atom. The molecule has 0 saturated heterocycles. The van der Waals surface area contributed by atoms with E-state index in [1.165, 1.54) is 0 Å². The van der Waals surface area contributed by atoms with Crippen molar-refractivity contribution in [1.29, 1.82) is 0 Å². The van der Waals surface area contributed by atoms with Crippen molar-refractivity contribution < 1.29 is 23.9 Å². The monoisotopic (exact) mass is 394 g/mol. The summed E-state index contributed by atoms with van der Waals surface area (Å²) in [6, 6.07) is 8.85. The first-order chi connectivity index (χ1) is 13.8. The van der Waals surface area contributed by atoms with Gasteiger partial charge in [-0.1, -0.05) is 18.2 Å². The molecule has 0 radical (unpaired) electrons. The van der Waals surface area contributed by atoms with E-state index >= 15 is 0 Å². The number of ether oxygens (including phenoxy) is 2. The van der Waals surface area contributed by atoms with E-state index in [1.54, 1.807) is 45.9 Å². The quantitative estimate of drug-likeness (QED) is 0.506. The van der Waals surface area contributed by atoms with Crippen molar-refractivity contribution in [3.63, 3.8) is 0 Å². The minimum Gasteiger partial charge on any atom is -0.462 e. The third kappa shape index (κ3) is 4.03. The molecule has 0 amide bonds. The minimum atomic E-state index is -0.623. The van der Waals surface area contributed by atoms with Gasteiger partial charge in [0.25, 0.3) is 0 Å². The zero-order valence-corrected chi connectivity index (χ0v) is 16.8. The Morgan fingerprint density at radius 1 is 0.966 bits per heavy atom. The standard InChI is InChI=1S/C22H22N2O5/c1-5-28-22(27)20-14(4)24-13(3)19(20)18(25)11-29-21(26)16-10-12(2)23-17-9-7-6-8-15(16)17/h6-10,24H,5,11H2,1-4H3. The number of rotatable bonds is 6. The Bertz CT molecular complexity index is 1110. The number of aryl methyl sites for hydroxylation is 3. The summed E-state index contributed by atoms with van der Waals surface area (Å²) in [5.41, 5.74) is 3.10. The van der Waals surface area contributed by atoms with Gasteiger partial charge in [0.1, 0.15) is 0 Å². The molecule has 0 fully saturated rings. The molecule has 29 heavy (non-hydrogen) atoms. The zero-order valence-electron chi connectivity index (χ0n) is 16.8. The van der Waals surface area contributed by atoms with Crippen LogP contribution in [0.4, 0.5) is 0 Å². The molecule has 0 bridgehead atoms. The highest BCUT2D eigenvalue weighted by Crippen LogP contribution is 2.22. The Morgan fingerprint density at radius 2 is 1.66 bits per heavy atom. The van der Waals surface area contributed by atoms with Gasteiger partial charge < -0.3 is 14.5 Å². The lowest BCUT2D eigenvalue weighted by Gasteiger charge is -2.09. The van der Waals surface area contributed by atoms with Crippen LogP contribution in [-0.4, -0.2) is 40.9 Å². The van der Waals surface area contributed by atoms with E-state index in [9.17, 15) is 14.4 Å². The number of esters is 2. The summed E-state index contributed by atoms with van der Waals surface area (Å²) < 4.78 is 10.3. The predicted molar refractivity (Wildman–Crippen MR) is 107 cm³/mol. The molecule has 7 nitrogen and oxygen atoms in total. The van der Waals surface area contributed by atoms with E-state index in [1.807, 2.05) is 12.1 Å². The highest BCUT2D eigenvalue weighted by Gasteiger charge is 2.26. The number of Topliss-reactive ketones (excluding diaryl/α,β-unsaturated/α-hetero) is 1. The van der Waals surface area contributed by atoms with Gasteiger partial charge in [-0.25, -0.2) is 9.59 Å². The summed E-state index contributed by atoms with van der Waals surface area (Å²) >= 11 is 0. The van der Waals surface area contributed by atoms with E-state index < -0.39 is 24.3 Å². The summed E-state index contributed by atoms with van der Waals surface area (Å²) in [6.45, 7) is 6.56. The zero-order chi connectivity index (χ0) is 21.1. The molecule has 0 aliphatic carbocycles. The number of hydrogen-bond acceptors (Lipinski definition) is 6. The SMILES string of the molecule is CCOC(=O)c1c(C)[nH]c(C)c1C(=O)COC(=O)c1cc(C)nc2ccccc12. The number of para-hydroxylation sites is 1. The van der Waals surface area contributed by atoms with E-state index in [-0.39, 0.29) is 17.7 Å². The number of aromatic nitrogens is 2. The highest BCUT2D eigenvalue weighted by molar-refractivity contribution is 6.10. The van der Waals surface area contributed by atoms with Crippen LogP contribution in [0.15, 0.2) is 30.3 Å². The smallest absolute Gasteiger partial charge is 0.340 e. The van der Waals surface area contributed by atoms with Crippen LogP contribution in [0, 0.1) is 20.8 Å². The van der Waals surface area contributed by atoms with Crippen LogP contribution in [0.3, 0.4) is 0 Å². The second-order valence-corrected chi connectivity index (χ2v) is 6.67. The number of nitrogens with zero attached hydrogens (tertiary/aromatic N) is 1. The average Bonchev–Trinajstić information content (AvgIpc) is 2.99. The van der Waals surface area contributed by atoms with Crippen molar-refractivity contribution in [2.24, 2.45) is 0 Å². The molecule has 3 rings (SSSR count). The van der Waals surface area contributed by atoms with Gasteiger partial charge >= 0.3 is 11.9 Å². The van der Waals surface area contributed by atoms with Crippen LogP contribution in [0.5, 0.6) is 0 Å². The molecular weight excluding hydrogens is 372 g/mol. The summed E-state index contributed by atoms with van der Waals surface area (Å²) in [5.74, 6) is -1.68. The predicted octanol–water partition coefficient (Wildman–Crippen LogP) is 3.70. The minimum absolute atomic E-state index is 0.176. The lowest BCUT2D eigenvalue weighted by molar-refractivity contribution is 0.0473. The lowest BCUT2D eigenvalue weighted by atomic mass is 10.0. The molecule has 0 aliphatic heterocycles. The van der Waals surface area contributed by atoms with Crippen LogP contribution in [0.1, 0.15) is 55.1 Å². The van der Waals surface area contributed by atoms with Crippen molar-refractivity contribution >= 4 is 28.6 Å². The first-order valence-electron chi connectivity index (χ1n) is 9.26. The fourth-order valence-corrected chi connectivity index (χ4v) is 3.35. The van der Waals surface area contributed by atoms with Gasteiger partial charge in [0.15, 0.2) is 6.61 Å². The van der Waals surface area contributed by atoms with Crippen LogP contribution < -0.4 is 0 Å². The number of H-pyrrole nitrogens is 1. The molecule has 0 saturated carbocycles. The maximum atomic E-state index is 12.8. The molecule has 0 atom stereocenters. The number of ketones is 1. The number of fused-ring (bicyclic) bond motifs is 1.